The van der Waals surface area contributed by atoms with Crippen molar-refractivity contribution in [1.29, 1.82) is 0 Å². The van der Waals surface area contributed by atoms with Gasteiger partial charge in [0.15, 0.2) is 0 Å². The van der Waals surface area contributed by atoms with E-state index in [-0.39, 0.29) is 18.0 Å². The Bertz CT molecular complexity index is 350. The van der Waals surface area contributed by atoms with Gasteiger partial charge in [-0.3, -0.25) is 10.1 Å². The van der Waals surface area contributed by atoms with Gasteiger partial charge in [-0.25, -0.2) is 0 Å². The Hall–Kier alpha value is -1.35. The lowest BCUT2D eigenvalue weighted by Gasteiger charge is -2.13. The highest BCUT2D eigenvalue weighted by atomic mass is 16.2. The monoisotopic (exact) mass is 204 g/mol. The average molecular weight is 204 g/mol. The van der Waals surface area contributed by atoms with Crippen molar-refractivity contribution in [2.45, 2.75) is 32.0 Å². The molecule has 3 heteroatoms. The number of hydrogen-bond acceptors (Lipinski definition) is 2. The number of carbonyl (C=O) groups is 1. The molecule has 1 amide bonds. The molecule has 0 radical (unpaired) electrons. The summed E-state index contributed by atoms with van der Waals surface area (Å²) in [7, 11) is 0. The lowest BCUT2D eigenvalue weighted by Crippen LogP contribution is -2.32. The van der Waals surface area contributed by atoms with Gasteiger partial charge < -0.3 is 5.32 Å². The largest absolute Gasteiger partial charge is 0.348 e. The number of carbonyl (C=O) groups excluding carboxylic acids is 1. The molecule has 0 saturated carbocycles. The second kappa shape index (κ2) is 4.03. The van der Waals surface area contributed by atoms with Crippen LogP contribution in [0, 0.1) is 0 Å². The van der Waals surface area contributed by atoms with Crippen LogP contribution in [0.15, 0.2) is 30.3 Å². The van der Waals surface area contributed by atoms with Crippen LogP contribution in [0.5, 0.6) is 0 Å². The van der Waals surface area contributed by atoms with Crippen LogP contribution in [0.25, 0.3) is 0 Å². The second-order valence-electron chi connectivity index (χ2n) is 4.07. The maximum atomic E-state index is 11.6. The topological polar surface area (TPSA) is 51.0 Å². The van der Waals surface area contributed by atoms with Crippen molar-refractivity contribution in [3.05, 3.63) is 35.9 Å². The van der Waals surface area contributed by atoms with Crippen LogP contribution >= 0.6 is 0 Å². The summed E-state index contributed by atoms with van der Waals surface area (Å²) in [5, 5.41) is 6.06. The van der Waals surface area contributed by atoms with E-state index in [2.05, 4.69) is 10.6 Å². The van der Waals surface area contributed by atoms with Gasteiger partial charge in [0.2, 0.25) is 5.91 Å². The van der Waals surface area contributed by atoms with E-state index in [4.69, 9.17) is 0 Å². The molecule has 1 aliphatic heterocycles. The highest BCUT2D eigenvalue weighted by molar-refractivity contribution is 5.85. The van der Waals surface area contributed by atoms with E-state index in [1.165, 1.54) is 0 Å². The van der Waals surface area contributed by atoms with E-state index >= 15 is 0 Å². The zero-order chi connectivity index (χ0) is 10.8. The van der Waals surface area contributed by atoms with E-state index in [9.17, 15) is 4.79 Å². The number of amides is 1. The fourth-order valence-electron chi connectivity index (χ4n) is 1.66. The van der Waals surface area contributed by atoms with Crippen LogP contribution in [0.1, 0.15) is 25.5 Å². The van der Waals surface area contributed by atoms with Crippen LogP contribution in [0.2, 0.25) is 0 Å². The minimum atomic E-state index is 0.0103. The second-order valence-corrected chi connectivity index (χ2v) is 4.07. The van der Waals surface area contributed by atoms with E-state index in [1.807, 2.05) is 44.2 Å². The number of benzene rings is 1. The molecule has 0 bridgehead atoms. The van der Waals surface area contributed by atoms with Crippen molar-refractivity contribution >= 4 is 5.91 Å². The molecule has 1 aliphatic rings. The van der Waals surface area contributed by atoms with Gasteiger partial charge in [0, 0.05) is 6.04 Å². The van der Waals surface area contributed by atoms with Gasteiger partial charge in [0.25, 0.3) is 0 Å². The minimum Gasteiger partial charge on any atom is -0.348 e. The molecule has 0 unspecified atom stereocenters. The first-order chi connectivity index (χ1) is 7.18. The van der Waals surface area contributed by atoms with Crippen LogP contribution in [0.3, 0.4) is 0 Å². The van der Waals surface area contributed by atoms with Gasteiger partial charge in [-0.2, -0.15) is 0 Å². The number of hydrogen-bond donors (Lipinski definition) is 2. The zero-order valence-electron chi connectivity index (χ0n) is 9.03. The van der Waals surface area contributed by atoms with Crippen LogP contribution in [0.4, 0.5) is 0 Å². The Morgan fingerprint density at radius 3 is 2.53 bits per heavy atom. The van der Waals surface area contributed by atoms with Gasteiger partial charge in [-0.15, -0.1) is 0 Å². The van der Waals surface area contributed by atoms with Gasteiger partial charge in [0.1, 0.15) is 6.04 Å². The van der Waals surface area contributed by atoms with E-state index < -0.39 is 0 Å². The molecule has 2 N–H and O–H groups in total. The van der Waals surface area contributed by atoms with Crippen molar-refractivity contribution in [2.75, 3.05) is 0 Å². The molecule has 1 aromatic rings. The summed E-state index contributed by atoms with van der Waals surface area (Å²) >= 11 is 0. The Kier molecular flexibility index (Phi) is 2.73. The summed E-state index contributed by atoms with van der Waals surface area (Å²) in [6, 6.07) is 10.4. The fourth-order valence-corrected chi connectivity index (χ4v) is 1.66. The van der Waals surface area contributed by atoms with E-state index in [0.717, 1.165) is 5.56 Å². The Morgan fingerprint density at radius 2 is 2.00 bits per heavy atom. The van der Waals surface area contributed by atoms with Crippen molar-refractivity contribution < 1.29 is 4.79 Å². The zero-order valence-corrected chi connectivity index (χ0v) is 9.03. The molecule has 1 fully saturated rings. The SMILES string of the molecule is C[C@H](NC(=O)[C@@H]1N[C@H]1C)c1ccccc1. The molecule has 0 aliphatic carbocycles. The molecule has 1 aromatic carbocycles. The van der Waals surface area contributed by atoms with E-state index in [0.29, 0.717) is 6.04 Å². The van der Waals surface area contributed by atoms with Crippen molar-refractivity contribution in [2.24, 2.45) is 0 Å². The molecule has 80 valence electrons. The van der Waals surface area contributed by atoms with Crippen LogP contribution < -0.4 is 10.6 Å². The lowest BCUT2D eigenvalue weighted by atomic mass is 10.1. The Labute approximate surface area is 89.9 Å². The van der Waals surface area contributed by atoms with E-state index in [1.54, 1.807) is 0 Å². The first-order valence-electron chi connectivity index (χ1n) is 5.30. The normalized spacial score (nSPS) is 25.7. The van der Waals surface area contributed by atoms with Crippen LogP contribution in [-0.4, -0.2) is 18.0 Å². The Morgan fingerprint density at radius 1 is 1.40 bits per heavy atom. The molecule has 0 aromatic heterocycles. The van der Waals surface area contributed by atoms with Crippen molar-refractivity contribution in [3.63, 3.8) is 0 Å². The third-order valence-corrected chi connectivity index (χ3v) is 2.77. The molecule has 1 saturated heterocycles. The Balaban J connectivity index is 1.92. The molecule has 2 rings (SSSR count). The standard InChI is InChI=1S/C12H16N2O/c1-8(10-6-4-3-5-7-10)14-12(15)11-9(2)13-11/h3-9,11,13H,1-2H3,(H,14,15)/t8-,9-,11+/m0/s1. The fraction of sp³-hybridized carbons (Fsp3) is 0.417. The molecule has 15 heavy (non-hydrogen) atoms. The quantitative estimate of drug-likeness (QED) is 0.727. The average Bonchev–Trinajstić information content (AvgIpc) is 2.97. The molecule has 3 nitrogen and oxygen atoms in total. The maximum Gasteiger partial charge on any atom is 0.239 e. The van der Waals surface area contributed by atoms with Crippen molar-refractivity contribution in [1.82, 2.24) is 10.6 Å². The predicted molar refractivity (Wildman–Crippen MR) is 59.4 cm³/mol. The van der Waals surface area contributed by atoms with Crippen LogP contribution in [-0.2, 0) is 4.79 Å². The minimum absolute atomic E-state index is 0.0103. The summed E-state index contributed by atoms with van der Waals surface area (Å²) in [4.78, 5) is 11.6. The van der Waals surface area contributed by atoms with Gasteiger partial charge >= 0.3 is 0 Å². The molecule has 0 spiro atoms. The number of rotatable bonds is 3. The third-order valence-electron chi connectivity index (χ3n) is 2.77. The smallest absolute Gasteiger partial charge is 0.239 e. The summed E-state index contributed by atoms with van der Waals surface area (Å²) in [5.41, 5.74) is 1.14. The lowest BCUT2D eigenvalue weighted by molar-refractivity contribution is -0.121. The maximum absolute atomic E-state index is 11.6. The number of nitrogens with one attached hydrogen (secondary N) is 2. The first kappa shape index (κ1) is 10.2. The highest BCUT2D eigenvalue weighted by Crippen LogP contribution is 2.14. The van der Waals surface area contributed by atoms with Crippen molar-refractivity contribution in [3.8, 4) is 0 Å². The molecule has 1 heterocycles. The first-order valence-corrected chi connectivity index (χ1v) is 5.30. The molecular formula is C12H16N2O. The highest BCUT2D eigenvalue weighted by Gasteiger charge is 2.38. The third kappa shape index (κ3) is 2.36. The summed E-state index contributed by atoms with van der Waals surface area (Å²) < 4.78 is 0. The summed E-state index contributed by atoms with van der Waals surface area (Å²) in [5.74, 6) is 0.0962. The summed E-state index contributed by atoms with van der Waals surface area (Å²) in [6.07, 6.45) is 0. The molecule has 3 atom stereocenters. The van der Waals surface area contributed by atoms with Gasteiger partial charge in [-0.05, 0) is 19.4 Å². The summed E-state index contributed by atoms with van der Waals surface area (Å²) in [6.45, 7) is 4.01. The van der Waals surface area contributed by atoms with Gasteiger partial charge in [0.05, 0.1) is 6.04 Å². The molecular weight excluding hydrogens is 188 g/mol. The predicted octanol–water partition coefficient (Wildman–Crippen LogP) is 1.22. The van der Waals surface area contributed by atoms with Gasteiger partial charge in [-0.1, -0.05) is 30.3 Å².